The summed E-state index contributed by atoms with van der Waals surface area (Å²) in [5.74, 6) is 0. The first-order valence-electron chi connectivity index (χ1n) is 4.95. The Hall–Kier alpha value is -0.160. The van der Waals surface area contributed by atoms with Crippen molar-refractivity contribution in [1.29, 1.82) is 0 Å². The van der Waals surface area contributed by atoms with Crippen LogP contribution in [0.15, 0.2) is 0 Å². The summed E-state index contributed by atoms with van der Waals surface area (Å²) in [5.41, 5.74) is 0. The average Bonchev–Trinajstić information content (AvgIpc) is 2.08. The maximum atomic E-state index is 8.65. The van der Waals surface area contributed by atoms with Crippen LogP contribution in [0.5, 0.6) is 0 Å². The van der Waals surface area contributed by atoms with E-state index >= 15 is 0 Å². The van der Waals surface area contributed by atoms with Crippen molar-refractivity contribution in [3.8, 4) is 0 Å². The molecule has 1 aliphatic heterocycles. The molecule has 4 heteroatoms. The Bertz CT molecular complexity index is 134. The van der Waals surface area contributed by atoms with Crippen LogP contribution in [0.3, 0.4) is 0 Å². The van der Waals surface area contributed by atoms with Gasteiger partial charge in [-0.3, -0.25) is 0 Å². The van der Waals surface area contributed by atoms with Crippen LogP contribution in [0, 0.1) is 0 Å². The van der Waals surface area contributed by atoms with Crippen molar-refractivity contribution in [2.75, 3.05) is 39.8 Å². The van der Waals surface area contributed by atoms with E-state index in [2.05, 4.69) is 16.8 Å². The molecule has 2 N–H and O–H groups in total. The third-order valence-corrected chi connectivity index (χ3v) is 2.53. The maximum Gasteiger partial charge on any atom is 0.151 e. The highest BCUT2D eigenvalue weighted by Gasteiger charge is 2.12. The summed E-state index contributed by atoms with van der Waals surface area (Å²) in [6.45, 7) is 5.46. The van der Waals surface area contributed by atoms with E-state index in [-0.39, 0.29) is 0 Å². The van der Waals surface area contributed by atoms with Crippen LogP contribution in [0.4, 0.5) is 0 Å². The van der Waals surface area contributed by atoms with E-state index in [4.69, 9.17) is 10.2 Å². The fourth-order valence-corrected chi connectivity index (χ4v) is 1.57. The van der Waals surface area contributed by atoms with Crippen molar-refractivity contribution in [2.24, 2.45) is 0 Å². The fourth-order valence-electron chi connectivity index (χ4n) is 1.57. The summed E-state index contributed by atoms with van der Waals surface area (Å²) in [4.78, 5) is 4.69. The number of piperazine rings is 1. The van der Waals surface area contributed by atoms with Gasteiger partial charge in [-0.1, -0.05) is 0 Å². The van der Waals surface area contributed by atoms with Crippen molar-refractivity contribution in [3.63, 3.8) is 0 Å². The number of hydrogen-bond acceptors (Lipinski definition) is 4. The number of likely N-dealkylation sites (N-methyl/N-ethyl adjacent to an activating group) is 1. The summed E-state index contributed by atoms with van der Waals surface area (Å²) >= 11 is 0. The largest absolute Gasteiger partial charge is 0.368 e. The van der Waals surface area contributed by atoms with Gasteiger partial charge in [0.2, 0.25) is 0 Å². The molecule has 1 fully saturated rings. The molecule has 1 heterocycles. The Kier molecular flexibility index (Phi) is 4.66. The number of hydrogen-bond donors (Lipinski definition) is 2. The van der Waals surface area contributed by atoms with Gasteiger partial charge in [-0.15, -0.1) is 0 Å². The molecule has 1 saturated heterocycles. The smallest absolute Gasteiger partial charge is 0.151 e. The van der Waals surface area contributed by atoms with Gasteiger partial charge in [-0.05, 0) is 26.4 Å². The molecule has 0 aromatic carbocycles. The van der Waals surface area contributed by atoms with Gasteiger partial charge >= 0.3 is 0 Å². The minimum Gasteiger partial charge on any atom is -0.368 e. The molecule has 4 nitrogen and oxygen atoms in total. The van der Waals surface area contributed by atoms with Gasteiger partial charge in [-0.2, -0.15) is 0 Å². The maximum absolute atomic E-state index is 8.65. The second kappa shape index (κ2) is 5.54. The third kappa shape index (κ3) is 4.57. The predicted molar refractivity (Wildman–Crippen MR) is 51.4 cm³/mol. The van der Waals surface area contributed by atoms with Crippen LogP contribution in [0.2, 0.25) is 0 Å². The monoisotopic (exact) mass is 188 g/mol. The normalized spacial score (nSPS) is 21.2. The molecule has 0 spiro atoms. The van der Waals surface area contributed by atoms with Gasteiger partial charge in [0.05, 0.1) is 0 Å². The lowest BCUT2D eigenvalue weighted by atomic mass is 10.2. The summed E-state index contributed by atoms with van der Waals surface area (Å²) in [5, 5.41) is 17.3. The molecule has 0 saturated carbocycles. The van der Waals surface area contributed by atoms with Gasteiger partial charge in [0.25, 0.3) is 0 Å². The molecule has 0 aliphatic carbocycles. The Labute approximate surface area is 79.8 Å². The van der Waals surface area contributed by atoms with Crippen molar-refractivity contribution in [2.45, 2.75) is 19.1 Å². The second-order valence-corrected chi connectivity index (χ2v) is 3.77. The molecule has 78 valence electrons. The number of aliphatic hydroxyl groups is 2. The first-order valence-corrected chi connectivity index (χ1v) is 4.95. The van der Waals surface area contributed by atoms with Gasteiger partial charge < -0.3 is 20.0 Å². The van der Waals surface area contributed by atoms with E-state index in [0.717, 1.165) is 39.1 Å². The van der Waals surface area contributed by atoms with E-state index in [1.807, 2.05) is 0 Å². The molecular formula is C9H20N2O2. The third-order valence-electron chi connectivity index (χ3n) is 2.53. The summed E-state index contributed by atoms with van der Waals surface area (Å²) < 4.78 is 0. The molecular weight excluding hydrogens is 168 g/mol. The molecule has 0 bridgehead atoms. The van der Waals surface area contributed by atoms with Crippen LogP contribution in [-0.4, -0.2) is 66.1 Å². The van der Waals surface area contributed by atoms with Gasteiger partial charge in [0.15, 0.2) is 6.29 Å². The highest BCUT2D eigenvalue weighted by molar-refractivity contribution is 4.68. The fraction of sp³-hybridized carbons (Fsp3) is 1.00. The molecule has 13 heavy (non-hydrogen) atoms. The van der Waals surface area contributed by atoms with Crippen LogP contribution in [-0.2, 0) is 0 Å². The van der Waals surface area contributed by atoms with Crippen LogP contribution in [0.1, 0.15) is 12.8 Å². The Balaban J connectivity index is 2.02. The van der Waals surface area contributed by atoms with Crippen molar-refractivity contribution in [1.82, 2.24) is 9.80 Å². The molecule has 1 rings (SSSR count). The highest BCUT2D eigenvalue weighted by Crippen LogP contribution is 2.02. The first kappa shape index (κ1) is 10.9. The lowest BCUT2D eigenvalue weighted by molar-refractivity contribution is -0.0478. The van der Waals surface area contributed by atoms with Crippen LogP contribution in [0.25, 0.3) is 0 Å². The van der Waals surface area contributed by atoms with E-state index < -0.39 is 6.29 Å². The number of aliphatic hydroxyl groups excluding tert-OH is 1. The van der Waals surface area contributed by atoms with Crippen molar-refractivity contribution < 1.29 is 10.2 Å². The lowest BCUT2D eigenvalue weighted by Gasteiger charge is -2.32. The molecule has 0 radical (unpaired) electrons. The summed E-state index contributed by atoms with van der Waals surface area (Å²) in [6, 6.07) is 0. The Morgan fingerprint density at radius 1 is 1.15 bits per heavy atom. The molecule has 0 aromatic rings. The Morgan fingerprint density at radius 2 is 1.77 bits per heavy atom. The zero-order chi connectivity index (χ0) is 9.68. The Morgan fingerprint density at radius 3 is 2.31 bits per heavy atom. The molecule has 0 atom stereocenters. The molecule has 0 amide bonds. The topological polar surface area (TPSA) is 46.9 Å². The first-order chi connectivity index (χ1) is 6.18. The second-order valence-electron chi connectivity index (χ2n) is 3.77. The zero-order valence-electron chi connectivity index (χ0n) is 8.32. The minimum absolute atomic E-state index is 0.492. The number of nitrogens with zero attached hydrogens (tertiary/aromatic N) is 2. The average molecular weight is 188 g/mol. The van der Waals surface area contributed by atoms with E-state index in [0.29, 0.717) is 6.42 Å². The molecule has 0 aromatic heterocycles. The minimum atomic E-state index is -1.13. The van der Waals surface area contributed by atoms with Crippen LogP contribution >= 0.6 is 0 Å². The standard InChI is InChI=1S/C9H20N2O2/c1-10-5-7-11(8-6-10)4-2-3-9(12)13/h9,12-13H,2-8H2,1H3. The van der Waals surface area contributed by atoms with E-state index in [9.17, 15) is 0 Å². The lowest BCUT2D eigenvalue weighted by Crippen LogP contribution is -2.44. The van der Waals surface area contributed by atoms with E-state index in [1.54, 1.807) is 0 Å². The summed E-state index contributed by atoms with van der Waals surface area (Å²) in [6.07, 6.45) is 0.237. The number of rotatable bonds is 4. The van der Waals surface area contributed by atoms with Crippen molar-refractivity contribution >= 4 is 0 Å². The van der Waals surface area contributed by atoms with Crippen molar-refractivity contribution in [3.05, 3.63) is 0 Å². The zero-order valence-corrected chi connectivity index (χ0v) is 8.32. The van der Waals surface area contributed by atoms with Gasteiger partial charge in [0.1, 0.15) is 0 Å². The molecule has 0 unspecified atom stereocenters. The quantitative estimate of drug-likeness (QED) is 0.574. The van der Waals surface area contributed by atoms with E-state index in [1.165, 1.54) is 0 Å². The highest BCUT2D eigenvalue weighted by atomic mass is 16.5. The summed E-state index contributed by atoms with van der Waals surface area (Å²) in [7, 11) is 2.13. The van der Waals surface area contributed by atoms with Crippen LogP contribution < -0.4 is 0 Å². The molecule has 1 aliphatic rings. The van der Waals surface area contributed by atoms with Gasteiger partial charge in [-0.25, -0.2) is 0 Å². The predicted octanol–water partition coefficient (Wildman–Crippen LogP) is -0.675. The SMILES string of the molecule is CN1CCN(CCCC(O)O)CC1. The van der Waals surface area contributed by atoms with Gasteiger partial charge in [0, 0.05) is 26.2 Å².